The third-order valence-electron chi connectivity index (χ3n) is 3.32. The fraction of sp³-hybridized carbons (Fsp3) is 0.286. The van der Waals surface area contributed by atoms with Crippen LogP contribution in [-0.4, -0.2) is 22.0 Å². The van der Waals surface area contributed by atoms with E-state index in [0.717, 1.165) is 27.8 Å². The standard InChI is InChI=1S/C14H15ClN4OS/c1-3-16-12-8-6-9(15)11(7-10(8)18-13(12)20)21-14-17-4-5-19(14)2/h4-7,12,16H,3H2,1-2H3,(H,18,20). The summed E-state index contributed by atoms with van der Waals surface area (Å²) >= 11 is 7.84. The molecular weight excluding hydrogens is 308 g/mol. The molecule has 1 amide bonds. The molecule has 0 bridgehead atoms. The van der Waals surface area contributed by atoms with Crippen molar-refractivity contribution in [1.29, 1.82) is 0 Å². The van der Waals surface area contributed by atoms with Gasteiger partial charge in [-0.05, 0) is 18.7 Å². The highest BCUT2D eigenvalue weighted by atomic mass is 35.5. The van der Waals surface area contributed by atoms with Gasteiger partial charge in [-0.1, -0.05) is 30.3 Å². The Labute approximate surface area is 132 Å². The fourth-order valence-corrected chi connectivity index (χ4v) is 3.43. The zero-order chi connectivity index (χ0) is 15.0. The minimum Gasteiger partial charge on any atom is -0.329 e. The Balaban J connectivity index is 1.94. The van der Waals surface area contributed by atoms with E-state index in [1.165, 1.54) is 11.8 Å². The maximum absolute atomic E-state index is 12.0. The summed E-state index contributed by atoms with van der Waals surface area (Å²) in [7, 11) is 1.93. The molecule has 7 heteroatoms. The first-order valence-corrected chi connectivity index (χ1v) is 7.82. The Bertz CT molecular complexity index is 700. The minimum absolute atomic E-state index is 0.0398. The predicted octanol–water partition coefficient (Wildman–Crippen LogP) is 2.83. The highest BCUT2D eigenvalue weighted by Gasteiger charge is 2.30. The molecule has 0 saturated heterocycles. The Morgan fingerprint density at radius 1 is 1.52 bits per heavy atom. The first kappa shape index (κ1) is 14.4. The average molecular weight is 323 g/mol. The van der Waals surface area contributed by atoms with Crippen molar-refractivity contribution in [2.45, 2.75) is 23.0 Å². The molecule has 1 aromatic heterocycles. The number of halogens is 1. The molecule has 2 heterocycles. The Kier molecular flexibility index (Phi) is 3.93. The van der Waals surface area contributed by atoms with E-state index < -0.39 is 0 Å². The Hall–Kier alpha value is -1.50. The second-order valence-electron chi connectivity index (χ2n) is 4.77. The summed E-state index contributed by atoms with van der Waals surface area (Å²) in [5.41, 5.74) is 1.71. The van der Waals surface area contributed by atoms with Crippen molar-refractivity contribution in [2.24, 2.45) is 7.05 Å². The molecule has 2 N–H and O–H groups in total. The van der Waals surface area contributed by atoms with Crippen molar-refractivity contribution in [3.63, 3.8) is 0 Å². The number of nitrogens with zero attached hydrogens (tertiary/aromatic N) is 2. The number of hydrogen-bond donors (Lipinski definition) is 2. The lowest BCUT2D eigenvalue weighted by molar-refractivity contribution is -0.117. The minimum atomic E-state index is -0.324. The van der Waals surface area contributed by atoms with Gasteiger partial charge in [-0.15, -0.1) is 0 Å². The predicted molar refractivity (Wildman–Crippen MR) is 83.8 cm³/mol. The highest BCUT2D eigenvalue weighted by molar-refractivity contribution is 7.99. The van der Waals surface area contributed by atoms with Crippen molar-refractivity contribution in [3.05, 3.63) is 35.1 Å². The van der Waals surface area contributed by atoms with Crippen molar-refractivity contribution < 1.29 is 4.79 Å². The number of hydrogen-bond acceptors (Lipinski definition) is 4. The van der Waals surface area contributed by atoms with Gasteiger partial charge >= 0.3 is 0 Å². The molecule has 0 fully saturated rings. The summed E-state index contributed by atoms with van der Waals surface area (Å²) in [6.07, 6.45) is 3.62. The monoisotopic (exact) mass is 322 g/mol. The number of likely N-dealkylation sites (N-methyl/N-ethyl adjacent to an activating group) is 1. The zero-order valence-corrected chi connectivity index (χ0v) is 13.3. The van der Waals surface area contributed by atoms with E-state index in [1.807, 2.05) is 36.9 Å². The molecule has 0 saturated carbocycles. The van der Waals surface area contributed by atoms with Crippen LogP contribution in [0, 0.1) is 0 Å². The van der Waals surface area contributed by atoms with Crippen LogP contribution in [0.4, 0.5) is 5.69 Å². The quantitative estimate of drug-likeness (QED) is 0.908. The molecule has 21 heavy (non-hydrogen) atoms. The summed E-state index contributed by atoms with van der Waals surface area (Å²) in [6, 6.07) is 3.44. The number of benzene rings is 1. The molecule has 0 aliphatic carbocycles. The molecule has 1 aliphatic heterocycles. The number of carbonyl (C=O) groups is 1. The van der Waals surface area contributed by atoms with Gasteiger partial charge in [-0.3, -0.25) is 4.79 Å². The zero-order valence-electron chi connectivity index (χ0n) is 11.7. The van der Waals surface area contributed by atoms with Gasteiger partial charge in [-0.25, -0.2) is 4.98 Å². The Morgan fingerprint density at radius 2 is 2.33 bits per heavy atom. The highest BCUT2D eigenvalue weighted by Crippen LogP contribution is 2.40. The number of carbonyl (C=O) groups excluding carboxylic acids is 1. The SMILES string of the molecule is CCNC1C(=O)Nc2cc(Sc3nccn3C)c(Cl)cc21. The number of anilines is 1. The number of aromatic nitrogens is 2. The third-order valence-corrected chi connectivity index (χ3v) is 4.88. The van der Waals surface area contributed by atoms with Crippen molar-refractivity contribution in [3.8, 4) is 0 Å². The summed E-state index contributed by atoms with van der Waals surface area (Å²) in [5, 5.41) is 7.53. The third kappa shape index (κ3) is 2.66. The first-order chi connectivity index (χ1) is 10.1. The maximum Gasteiger partial charge on any atom is 0.246 e. The lowest BCUT2D eigenvalue weighted by Crippen LogP contribution is -2.27. The van der Waals surface area contributed by atoms with Crippen LogP contribution in [0.5, 0.6) is 0 Å². The molecular formula is C14H15ClN4OS. The average Bonchev–Trinajstić information content (AvgIpc) is 2.97. The molecule has 2 aromatic rings. The van der Waals surface area contributed by atoms with Gasteiger partial charge in [-0.2, -0.15) is 0 Å². The van der Waals surface area contributed by atoms with Gasteiger partial charge in [0.1, 0.15) is 6.04 Å². The summed E-state index contributed by atoms with van der Waals surface area (Å²) < 4.78 is 1.92. The van der Waals surface area contributed by atoms with E-state index >= 15 is 0 Å². The lowest BCUT2D eigenvalue weighted by atomic mass is 10.1. The van der Waals surface area contributed by atoms with Crippen LogP contribution < -0.4 is 10.6 Å². The van der Waals surface area contributed by atoms with Gasteiger partial charge < -0.3 is 15.2 Å². The molecule has 1 unspecified atom stereocenters. The molecule has 1 aromatic carbocycles. The number of amides is 1. The van der Waals surface area contributed by atoms with E-state index in [-0.39, 0.29) is 11.9 Å². The molecule has 0 spiro atoms. The summed E-state index contributed by atoms with van der Waals surface area (Å²) in [5.74, 6) is -0.0398. The molecule has 1 atom stereocenters. The van der Waals surface area contributed by atoms with Gasteiger partial charge in [0.25, 0.3) is 0 Å². The van der Waals surface area contributed by atoms with Gasteiger partial charge in [0.15, 0.2) is 5.16 Å². The van der Waals surface area contributed by atoms with Crippen molar-refractivity contribution in [2.75, 3.05) is 11.9 Å². The largest absolute Gasteiger partial charge is 0.329 e. The van der Waals surface area contributed by atoms with Gasteiger partial charge in [0, 0.05) is 35.6 Å². The lowest BCUT2D eigenvalue weighted by Gasteiger charge is -2.11. The van der Waals surface area contributed by atoms with Crippen LogP contribution in [0.25, 0.3) is 0 Å². The molecule has 1 aliphatic rings. The van der Waals surface area contributed by atoms with Gasteiger partial charge in [0.2, 0.25) is 5.91 Å². The van der Waals surface area contributed by atoms with E-state index in [1.54, 1.807) is 6.20 Å². The second-order valence-corrected chi connectivity index (χ2v) is 6.19. The molecule has 3 rings (SSSR count). The molecule has 0 radical (unpaired) electrons. The number of rotatable bonds is 4. The number of fused-ring (bicyclic) bond motifs is 1. The summed E-state index contributed by atoms with van der Waals surface area (Å²) in [6.45, 7) is 2.69. The number of aryl methyl sites for hydroxylation is 1. The number of imidazole rings is 1. The second kappa shape index (κ2) is 5.71. The number of nitrogens with one attached hydrogen (secondary N) is 2. The van der Waals surface area contributed by atoms with E-state index in [2.05, 4.69) is 15.6 Å². The van der Waals surface area contributed by atoms with Crippen LogP contribution in [0.3, 0.4) is 0 Å². The normalized spacial score (nSPS) is 16.9. The smallest absolute Gasteiger partial charge is 0.246 e. The van der Waals surface area contributed by atoms with Gasteiger partial charge in [0.05, 0.1) is 5.02 Å². The molecule has 110 valence electrons. The van der Waals surface area contributed by atoms with Crippen molar-refractivity contribution >= 4 is 35.0 Å². The summed E-state index contributed by atoms with van der Waals surface area (Å²) in [4.78, 5) is 17.1. The van der Waals surface area contributed by atoms with Crippen LogP contribution in [0.2, 0.25) is 5.02 Å². The van der Waals surface area contributed by atoms with Crippen LogP contribution in [0.1, 0.15) is 18.5 Å². The maximum atomic E-state index is 12.0. The van der Waals surface area contributed by atoms with Crippen molar-refractivity contribution in [1.82, 2.24) is 14.9 Å². The van der Waals surface area contributed by atoms with Crippen LogP contribution in [-0.2, 0) is 11.8 Å². The molecule has 5 nitrogen and oxygen atoms in total. The Morgan fingerprint density at radius 3 is 3.00 bits per heavy atom. The van der Waals surface area contributed by atoms with Crippen LogP contribution >= 0.6 is 23.4 Å². The fourth-order valence-electron chi connectivity index (χ4n) is 2.30. The van der Waals surface area contributed by atoms with E-state index in [9.17, 15) is 4.79 Å². The first-order valence-electron chi connectivity index (χ1n) is 6.63. The van der Waals surface area contributed by atoms with Crippen LogP contribution in [0.15, 0.2) is 34.6 Å². The van der Waals surface area contributed by atoms with E-state index in [4.69, 9.17) is 11.6 Å². The van der Waals surface area contributed by atoms with E-state index in [0.29, 0.717) is 5.02 Å². The topological polar surface area (TPSA) is 59.0 Å².